The summed E-state index contributed by atoms with van der Waals surface area (Å²) in [5.41, 5.74) is 1.75. The lowest BCUT2D eigenvalue weighted by Gasteiger charge is -2.17. The Morgan fingerprint density at radius 3 is 2.85 bits per heavy atom. The van der Waals surface area contributed by atoms with Crippen molar-refractivity contribution in [3.05, 3.63) is 48.3 Å². The molecule has 0 aliphatic heterocycles. The highest BCUT2D eigenvalue weighted by Gasteiger charge is 2.21. The summed E-state index contributed by atoms with van der Waals surface area (Å²) < 4.78 is 6.59. The first-order chi connectivity index (χ1) is 12.5. The van der Waals surface area contributed by atoms with Gasteiger partial charge in [-0.05, 0) is 24.3 Å². The van der Waals surface area contributed by atoms with E-state index in [1.54, 1.807) is 32.6 Å². The van der Waals surface area contributed by atoms with Crippen LogP contribution in [0.2, 0.25) is 0 Å². The Bertz CT molecular complexity index is 961. The largest absolute Gasteiger partial charge is 0.479 e. The van der Waals surface area contributed by atoms with E-state index in [1.807, 2.05) is 24.3 Å². The van der Waals surface area contributed by atoms with Crippen molar-refractivity contribution in [3.63, 3.8) is 0 Å². The van der Waals surface area contributed by atoms with Gasteiger partial charge in [0.2, 0.25) is 11.8 Å². The molecule has 0 aliphatic rings. The molecule has 134 valence electrons. The quantitative estimate of drug-likeness (QED) is 0.754. The van der Waals surface area contributed by atoms with Crippen LogP contribution < -0.4 is 10.1 Å². The predicted molar refractivity (Wildman–Crippen MR) is 97.1 cm³/mol. The van der Waals surface area contributed by atoms with Crippen LogP contribution in [0, 0.1) is 0 Å². The number of nitrogens with zero attached hydrogens (tertiary/aromatic N) is 4. The van der Waals surface area contributed by atoms with Crippen LogP contribution >= 0.6 is 0 Å². The third kappa shape index (κ3) is 3.49. The van der Waals surface area contributed by atoms with E-state index < -0.39 is 0 Å². The molecule has 0 atom stereocenters. The van der Waals surface area contributed by atoms with E-state index in [0.29, 0.717) is 11.3 Å². The molecule has 1 aromatic carbocycles. The normalized spacial score (nSPS) is 10.6. The van der Waals surface area contributed by atoms with Crippen LogP contribution in [0.15, 0.2) is 42.7 Å². The van der Waals surface area contributed by atoms with Crippen molar-refractivity contribution in [1.82, 2.24) is 19.7 Å². The number of pyridine rings is 1. The molecule has 1 N–H and O–H groups in total. The second-order valence-corrected chi connectivity index (χ2v) is 5.81. The van der Waals surface area contributed by atoms with Crippen molar-refractivity contribution in [1.29, 1.82) is 0 Å². The van der Waals surface area contributed by atoms with E-state index in [-0.39, 0.29) is 24.2 Å². The minimum Gasteiger partial charge on any atom is -0.479 e. The highest BCUT2D eigenvalue weighted by molar-refractivity contribution is 6.04. The number of carbonyl (C=O) groups excluding carboxylic acids is 2. The first-order valence-electron chi connectivity index (χ1n) is 7.96. The maximum Gasteiger partial charge on any atom is 0.261 e. The summed E-state index contributed by atoms with van der Waals surface area (Å²) in [5, 5.41) is 7.72. The van der Waals surface area contributed by atoms with Gasteiger partial charge in [-0.25, -0.2) is 0 Å². The van der Waals surface area contributed by atoms with Gasteiger partial charge in [0.1, 0.15) is 5.56 Å². The average molecular weight is 353 g/mol. The Labute approximate surface area is 150 Å². The third-order valence-corrected chi connectivity index (χ3v) is 3.87. The number of ether oxygens (including phenoxy) is 1. The Morgan fingerprint density at radius 1 is 1.27 bits per heavy atom. The Balaban J connectivity index is 1.72. The molecule has 26 heavy (non-hydrogen) atoms. The van der Waals surface area contributed by atoms with Gasteiger partial charge < -0.3 is 15.0 Å². The molecule has 8 heteroatoms. The van der Waals surface area contributed by atoms with E-state index in [1.165, 1.54) is 16.7 Å². The molecule has 3 rings (SSSR count). The zero-order valence-electron chi connectivity index (χ0n) is 14.8. The molecule has 0 bridgehead atoms. The molecule has 0 spiro atoms. The monoisotopic (exact) mass is 353 g/mol. The molecule has 0 radical (unpaired) electrons. The second kappa shape index (κ2) is 7.22. The number of rotatable bonds is 5. The van der Waals surface area contributed by atoms with Crippen LogP contribution in [0.25, 0.3) is 10.9 Å². The number of amides is 2. The third-order valence-electron chi connectivity index (χ3n) is 3.87. The Hall–Kier alpha value is -3.42. The topological polar surface area (TPSA) is 89.4 Å². The van der Waals surface area contributed by atoms with Crippen LogP contribution in [0.1, 0.15) is 10.4 Å². The fourth-order valence-corrected chi connectivity index (χ4v) is 2.66. The molecule has 2 amide bonds. The second-order valence-electron chi connectivity index (χ2n) is 5.81. The number of nitrogens with one attached hydrogen (secondary N) is 1. The van der Waals surface area contributed by atoms with Gasteiger partial charge in [-0.2, -0.15) is 0 Å². The van der Waals surface area contributed by atoms with Gasteiger partial charge in [-0.1, -0.05) is 6.07 Å². The summed E-state index contributed by atoms with van der Waals surface area (Å²) in [6.45, 7) is -0.104. The molecule has 2 aromatic heterocycles. The fraction of sp³-hybridized carbons (Fsp3) is 0.222. The zero-order valence-corrected chi connectivity index (χ0v) is 14.8. The van der Waals surface area contributed by atoms with Crippen LogP contribution in [0.4, 0.5) is 5.69 Å². The lowest BCUT2D eigenvalue weighted by atomic mass is 10.2. The van der Waals surface area contributed by atoms with Crippen molar-refractivity contribution in [2.45, 2.75) is 0 Å². The summed E-state index contributed by atoms with van der Waals surface area (Å²) in [6.07, 6.45) is 3.26. The molecule has 0 saturated heterocycles. The molecular weight excluding hydrogens is 334 g/mol. The fourth-order valence-electron chi connectivity index (χ4n) is 2.66. The summed E-state index contributed by atoms with van der Waals surface area (Å²) >= 11 is 0. The van der Waals surface area contributed by atoms with E-state index in [9.17, 15) is 9.59 Å². The molecule has 0 unspecified atom stereocenters. The maximum absolute atomic E-state index is 12.5. The van der Waals surface area contributed by atoms with Gasteiger partial charge in [0.05, 0.1) is 24.9 Å². The van der Waals surface area contributed by atoms with Crippen molar-refractivity contribution in [2.24, 2.45) is 7.05 Å². The molecule has 0 fully saturated rings. The summed E-state index contributed by atoms with van der Waals surface area (Å²) in [7, 11) is 4.69. The highest BCUT2D eigenvalue weighted by atomic mass is 16.5. The number of aromatic nitrogens is 3. The molecule has 2 heterocycles. The first kappa shape index (κ1) is 17.4. The van der Waals surface area contributed by atoms with Crippen molar-refractivity contribution in [2.75, 3.05) is 26.0 Å². The van der Waals surface area contributed by atoms with Crippen molar-refractivity contribution in [3.8, 4) is 5.88 Å². The predicted octanol–water partition coefficient (Wildman–Crippen LogP) is 1.69. The molecule has 0 aliphatic carbocycles. The van der Waals surface area contributed by atoms with Crippen molar-refractivity contribution < 1.29 is 14.3 Å². The smallest absolute Gasteiger partial charge is 0.261 e. The van der Waals surface area contributed by atoms with Gasteiger partial charge in [-0.3, -0.25) is 19.3 Å². The number of likely N-dealkylation sites (N-methyl/N-ethyl adjacent to an activating group) is 1. The van der Waals surface area contributed by atoms with E-state index in [2.05, 4.69) is 15.4 Å². The molecular formula is C18H19N5O3. The van der Waals surface area contributed by atoms with Crippen LogP contribution in [-0.4, -0.2) is 52.2 Å². The summed E-state index contributed by atoms with van der Waals surface area (Å²) in [5.74, 6) is -0.422. The minimum absolute atomic E-state index is 0.104. The number of hydrogen-bond acceptors (Lipinski definition) is 5. The standard InChI is InChI=1S/C18H19N5O3/c1-22(18(25)13-10-23(2)21-17(13)26-3)11-16(24)20-15-8-4-7-14-12(15)6-5-9-19-14/h4-10H,11H2,1-3H3,(H,20,24). The van der Waals surface area contributed by atoms with Crippen LogP contribution in [0.3, 0.4) is 0 Å². The Kier molecular flexibility index (Phi) is 4.83. The molecule has 0 saturated carbocycles. The van der Waals surface area contributed by atoms with Crippen LogP contribution in [-0.2, 0) is 11.8 Å². The van der Waals surface area contributed by atoms with Gasteiger partial charge in [0.15, 0.2) is 0 Å². The lowest BCUT2D eigenvalue weighted by molar-refractivity contribution is -0.116. The summed E-state index contributed by atoms with van der Waals surface area (Å²) in [6, 6.07) is 9.18. The minimum atomic E-state index is -0.343. The van der Waals surface area contributed by atoms with Gasteiger partial charge in [-0.15, -0.1) is 5.10 Å². The summed E-state index contributed by atoms with van der Waals surface area (Å²) in [4.78, 5) is 30.5. The molecule has 8 nitrogen and oxygen atoms in total. The van der Waals surface area contributed by atoms with Gasteiger partial charge in [0, 0.05) is 31.9 Å². The average Bonchev–Trinajstić information content (AvgIpc) is 3.02. The first-order valence-corrected chi connectivity index (χ1v) is 7.96. The number of fused-ring (bicyclic) bond motifs is 1. The maximum atomic E-state index is 12.5. The number of methoxy groups -OCH3 is 1. The van der Waals surface area contributed by atoms with Crippen LogP contribution in [0.5, 0.6) is 5.88 Å². The molecule has 3 aromatic rings. The number of benzene rings is 1. The van der Waals surface area contributed by atoms with Gasteiger partial charge >= 0.3 is 0 Å². The van der Waals surface area contributed by atoms with E-state index >= 15 is 0 Å². The van der Waals surface area contributed by atoms with E-state index in [0.717, 1.165) is 10.9 Å². The zero-order chi connectivity index (χ0) is 18.7. The highest BCUT2D eigenvalue weighted by Crippen LogP contribution is 2.21. The number of hydrogen-bond donors (Lipinski definition) is 1. The van der Waals surface area contributed by atoms with Gasteiger partial charge in [0.25, 0.3) is 5.91 Å². The number of carbonyl (C=O) groups is 2. The SMILES string of the molecule is COc1nn(C)cc1C(=O)N(C)CC(=O)Nc1cccc2ncccc12. The van der Waals surface area contributed by atoms with E-state index in [4.69, 9.17) is 4.74 Å². The lowest BCUT2D eigenvalue weighted by Crippen LogP contribution is -2.35. The Morgan fingerprint density at radius 2 is 2.08 bits per heavy atom. The van der Waals surface area contributed by atoms with Crippen molar-refractivity contribution >= 4 is 28.4 Å². The number of aryl methyl sites for hydroxylation is 1. The number of anilines is 1.